The van der Waals surface area contributed by atoms with Gasteiger partial charge in [-0.2, -0.15) is 0 Å². The molecule has 2 aromatic heterocycles. The highest BCUT2D eigenvalue weighted by molar-refractivity contribution is 5.47. The summed E-state index contributed by atoms with van der Waals surface area (Å²) in [6, 6.07) is 4.17. The van der Waals surface area contributed by atoms with Gasteiger partial charge in [0.1, 0.15) is 18.0 Å². The van der Waals surface area contributed by atoms with Crippen molar-refractivity contribution in [1.82, 2.24) is 9.97 Å². The van der Waals surface area contributed by atoms with Crippen LogP contribution in [0, 0.1) is 0 Å². The highest BCUT2D eigenvalue weighted by Crippen LogP contribution is 2.15. The van der Waals surface area contributed by atoms with Crippen LogP contribution in [0.25, 0.3) is 0 Å². The summed E-state index contributed by atoms with van der Waals surface area (Å²) in [5.74, 6) is 1.62. The molecule has 6 nitrogen and oxygen atoms in total. The van der Waals surface area contributed by atoms with Crippen molar-refractivity contribution in [2.45, 2.75) is 25.4 Å². The molecule has 0 bridgehead atoms. The van der Waals surface area contributed by atoms with Gasteiger partial charge in [0.05, 0.1) is 25.2 Å². The minimum Gasteiger partial charge on any atom is -0.472 e. The molecule has 1 aliphatic heterocycles. The van der Waals surface area contributed by atoms with E-state index in [4.69, 9.17) is 9.15 Å². The van der Waals surface area contributed by atoms with E-state index in [2.05, 4.69) is 20.6 Å². The third kappa shape index (κ3) is 3.48. The number of nitrogens with zero attached hydrogens (tertiary/aromatic N) is 2. The standard InChI is InChI=1S/C14H18N4O2/c1-2-12(9-19-4-1)18-14-6-13(16-10-17-14)15-7-11-3-5-20-8-11/h3,5-6,8,10,12H,1-2,4,7,9H2,(H2,15,16,17,18)/t12-/m1/s1. The molecule has 6 heteroatoms. The molecule has 1 saturated heterocycles. The summed E-state index contributed by atoms with van der Waals surface area (Å²) in [6.07, 6.45) is 7.14. The summed E-state index contributed by atoms with van der Waals surface area (Å²) in [7, 11) is 0. The van der Waals surface area contributed by atoms with Crippen LogP contribution in [-0.2, 0) is 11.3 Å². The first-order valence-corrected chi connectivity index (χ1v) is 6.81. The third-order valence-electron chi connectivity index (χ3n) is 3.23. The fourth-order valence-corrected chi connectivity index (χ4v) is 2.18. The Morgan fingerprint density at radius 1 is 1.30 bits per heavy atom. The van der Waals surface area contributed by atoms with E-state index in [1.54, 1.807) is 18.9 Å². The van der Waals surface area contributed by atoms with Gasteiger partial charge in [0.15, 0.2) is 0 Å². The second kappa shape index (κ2) is 6.38. The lowest BCUT2D eigenvalue weighted by Crippen LogP contribution is -2.30. The third-order valence-corrected chi connectivity index (χ3v) is 3.23. The largest absolute Gasteiger partial charge is 0.472 e. The van der Waals surface area contributed by atoms with Crippen LogP contribution < -0.4 is 10.6 Å². The molecule has 3 heterocycles. The van der Waals surface area contributed by atoms with Gasteiger partial charge in [0, 0.05) is 24.8 Å². The number of rotatable bonds is 5. The van der Waals surface area contributed by atoms with Gasteiger partial charge in [-0.15, -0.1) is 0 Å². The minimum atomic E-state index is 0.334. The molecule has 3 rings (SSSR count). The fourth-order valence-electron chi connectivity index (χ4n) is 2.18. The Hall–Kier alpha value is -2.08. The van der Waals surface area contributed by atoms with Crippen molar-refractivity contribution in [2.75, 3.05) is 23.8 Å². The second-order valence-electron chi connectivity index (χ2n) is 4.83. The first kappa shape index (κ1) is 12.9. The Morgan fingerprint density at radius 2 is 2.25 bits per heavy atom. The quantitative estimate of drug-likeness (QED) is 0.871. The number of nitrogens with one attached hydrogen (secondary N) is 2. The van der Waals surface area contributed by atoms with Crippen LogP contribution in [0.4, 0.5) is 11.6 Å². The highest BCUT2D eigenvalue weighted by Gasteiger charge is 2.14. The van der Waals surface area contributed by atoms with Crippen molar-refractivity contribution < 1.29 is 9.15 Å². The van der Waals surface area contributed by atoms with E-state index in [-0.39, 0.29) is 0 Å². The lowest BCUT2D eigenvalue weighted by molar-refractivity contribution is 0.0875. The monoisotopic (exact) mass is 274 g/mol. The Labute approximate surface area is 117 Å². The van der Waals surface area contributed by atoms with Crippen molar-refractivity contribution in [2.24, 2.45) is 0 Å². The van der Waals surface area contributed by atoms with Crippen LogP contribution >= 0.6 is 0 Å². The Morgan fingerprint density at radius 3 is 3.05 bits per heavy atom. The van der Waals surface area contributed by atoms with Crippen molar-refractivity contribution in [3.8, 4) is 0 Å². The Bertz CT molecular complexity index is 524. The van der Waals surface area contributed by atoms with Crippen molar-refractivity contribution >= 4 is 11.6 Å². The number of anilines is 2. The first-order chi connectivity index (χ1) is 9.90. The number of ether oxygens (including phenoxy) is 1. The van der Waals surface area contributed by atoms with E-state index in [1.807, 2.05) is 12.1 Å². The first-order valence-electron chi connectivity index (χ1n) is 6.81. The molecule has 1 fully saturated rings. The molecular weight excluding hydrogens is 256 g/mol. The second-order valence-corrected chi connectivity index (χ2v) is 4.83. The van der Waals surface area contributed by atoms with Crippen LogP contribution in [0.15, 0.2) is 35.4 Å². The van der Waals surface area contributed by atoms with Crippen molar-refractivity contribution in [3.05, 3.63) is 36.5 Å². The van der Waals surface area contributed by atoms with Gasteiger partial charge in [-0.05, 0) is 18.9 Å². The van der Waals surface area contributed by atoms with Crippen molar-refractivity contribution in [1.29, 1.82) is 0 Å². The van der Waals surface area contributed by atoms with E-state index < -0.39 is 0 Å². The Kier molecular flexibility index (Phi) is 4.13. The van der Waals surface area contributed by atoms with Crippen molar-refractivity contribution in [3.63, 3.8) is 0 Å². The van der Waals surface area contributed by atoms with E-state index in [0.717, 1.165) is 43.3 Å². The maximum absolute atomic E-state index is 5.45. The predicted molar refractivity (Wildman–Crippen MR) is 75.5 cm³/mol. The molecule has 0 aliphatic carbocycles. The van der Waals surface area contributed by atoms with Crippen LogP contribution in [0.3, 0.4) is 0 Å². The van der Waals surface area contributed by atoms with Gasteiger partial charge in [-0.1, -0.05) is 0 Å². The predicted octanol–water partition coefficient (Wildman–Crippen LogP) is 2.27. The van der Waals surface area contributed by atoms with Gasteiger partial charge < -0.3 is 19.8 Å². The SMILES string of the molecule is c1nc(NCc2ccoc2)cc(N[C@@H]2CCCOC2)n1. The summed E-state index contributed by atoms with van der Waals surface area (Å²) in [5.41, 5.74) is 1.08. The lowest BCUT2D eigenvalue weighted by Gasteiger charge is -2.23. The molecule has 0 unspecified atom stereocenters. The molecule has 2 N–H and O–H groups in total. The summed E-state index contributed by atoms with van der Waals surface area (Å²) in [4.78, 5) is 8.45. The molecule has 0 saturated carbocycles. The highest BCUT2D eigenvalue weighted by atomic mass is 16.5. The molecule has 0 radical (unpaired) electrons. The van der Waals surface area contributed by atoms with Crippen LogP contribution in [0.1, 0.15) is 18.4 Å². The molecule has 20 heavy (non-hydrogen) atoms. The normalized spacial score (nSPS) is 18.7. The average Bonchev–Trinajstić information content (AvgIpc) is 3.00. The lowest BCUT2D eigenvalue weighted by atomic mass is 10.1. The summed E-state index contributed by atoms with van der Waals surface area (Å²) in [5, 5.41) is 6.62. The number of hydrogen-bond acceptors (Lipinski definition) is 6. The number of hydrogen-bond donors (Lipinski definition) is 2. The smallest absolute Gasteiger partial charge is 0.131 e. The van der Waals surface area contributed by atoms with Gasteiger partial charge in [-0.3, -0.25) is 0 Å². The van der Waals surface area contributed by atoms with Crippen LogP contribution in [0.5, 0.6) is 0 Å². The summed E-state index contributed by atoms with van der Waals surface area (Å²) in [6.45, 7) is 2.28. The zero-order chi connectivity index (χ0) is 13.6. The molecule has 106 valence electrons. The van der Waals surface area contributed by atoms with Crippen LogP contribution in [-0.4, -0.2) is 29.2 Å². The van der Waals surface area contributed by atoms with E-state index in [9.17, 15) is 0 Å². The van der Waals surface area contributed by atoms with Gasteiger partial charge >= 0.3 is 0 Å². The molecule has 2 aromatic rings. The van der Waals surface area contributed by atoms with Gasteiger partial charge in [-0.25, -0.2) is 9.97 Å². The van der Waals surface area contributed by atoms with Gasteiger partial charge in [0.25, 0.3) is 0 Å². The van der Waals surface area contributed by atoms with E-state index in [0.29, 0.717) is 12.6 Å². The zero-order valence-corrected chi connectivity index (χ0v) is 11.2. The number of aromatic nitrogens is 2. The maximum atomic E-state index is 5.45. The molecule has 1 atom stereocenters. The Balaban J connectivity index is 1.57. The average molecular weight is 274 g/mol. The molecule has 0 amide bonds. The fraction of sp³-hybridized carbons (Fsp3) is 0.429. The molecule has 1 aliphatic rings. The summed E-state index contributed by atoms with van der Waals surface area (Å²) < 4.78 is 10.5. The molecule has 0 spiro atoms. The number of furan rings is 1. The maximum Gasteiger partial charge on any atom is 0.131 e. The molecule has 0 aromatic carbocycles. The van der Waals surface area contributed by atoms with E-state index >= 15 is 0 Å². The topological polar surface area (TPSA) is 72.2 Å². The van der Waals surface area contributed by atoms with Crippen LogP contribution in [0.2, 0.25) is 0 Å². The molecular formula is C14H18N4O2. The summed E-state index contributed by atoms with van der Waals surface area (Å²) >= 11 is 0. The van der Waals surface area contributed by atoms with E-state index in [1.165, 1.54) is 0 Å². The minimum absolute atomic E-state index is 0.334. The zero-order valence-electron chi connectivity index (χ0n) is 11.2. The van der Waals surface area contributed by atoms with Gasteiger partial charge in [0.2, 0.25) is 0 Å².